The third-order valence-electron chi connectivity index (χ3n) is 5.03. The van der Waals surface area contributed by atoms with E-state index >= 15 is 0 Å². The van der Waals surface area contributed by atoms with Gasteiger partial charge in [0.2, 0.25) is 0 Å². The van der Waals surface area contributed by atoms with Gasteiger partial charge in [-0.25, -0.2) is 4.79 Å². The molecule has 1 N–H and O–H groups in total. The minimum atomic E-state index is -0.301. The fourth-order valence-electron chi connectivity index (χ4n) is 3.65. The molecular formula is C19H24N4O4. The Bertz CT molecular complexity index is 835. The van der Waals surface area contributed by atoms with Gasteiger partial charge in [-0.05, 0) is 23.8 Å². The van der Waals surface area contributed by atoms with Gasteiger partial charge in [0.15, 0.2) is 0 Å². The average Bonchev–Trinajstić information content (AvgIpc) is 2.98. The highest BCUT2D eigenvalue weighted by Gasteiger charge is 2.24. The van der Waals surface area contributed by atoms with E-state index in [2.05, 4.69) is 11.0 Å². The first kappa shape index (κ1) is 17.8. The van der Waals surface area contributed by atoms with Crippen molar-refractivity contribution < 1.29 is 19.4 Å². The number of aliphatic hydroxyl groups excluding tert-OH is 1. The summed E-state index contributed by atoms with van der Waals surface area (Å²) in [5.74, 6) is 0.882. The van der Waals surface area contributed by atoms with Gasteiger partial charge in [0, 0.05) is 31.7 Å². The Morgan fingerprint density at radius 1 is 1.26 bits per heavy atom. The molecule has 2 aliphatic rings. The van der Waals surface area contributed by atoms with Crippen LogP contribution in [0, 0.1) is 0 Å². The molecule has 0 radical (unpaired) electrons. The molecule has 2 aliphatic heterocycles. The Labute approximate surface area is 157 Å². The van der Waals surface area contributed by atoms with Crippen LogP contribution in [0.3, 0.4) is 0 Å². The zero-order valence-electron chi connectivity index (χ0n) is 15.4. The van der Waals surface area contributed by atoms with E-state index in [-0.39, 0.29) is 12.7 Å². The number of aliphatic hydroxyl groups is 1. The second-order valence-corrected chi connectivity index (χ2v) is 6.90. The Morgan fingerprint density at radius 2 is 2.15 bits per heavy atom. The number of hydrogen-bond donors (Lipinski definition) is 1. The monoisotopic (exact) mass is 372 g/mol. The van der Waals surface area contributed by atoms with E-state index in [9.17, 15) is 9.90 Å². The summed E-state index contributed by atoms with van der Waals surface area (Å²) in [6.07, 6.45) is -0.301. The second-order valence-electron chi connectivity index (χ2n) is 6.90. The van der Waals surface area contributed by atoms with E-state index in [4.69, 9.17) is 14.6 Å². The molecule has 0 bridgehead atoms. The van der Waals surface area contributed by atoms with Gasteiger partial charge in [0.05, 0.1) is 38.2 Å². The van der Waals surface area contributed by atoms with Gasteiger partial charge in [0.1, 0.15) is 12.4 Å². The Balaban J connectivity index is 1.47. The molecule has 144 valence electrons. The van der Waals surface area contributed by atoms with Crippen LogP contribution in [0.15, 0.2) is 24.3 Å². The minimum Gasteiger partial charge on any atom is -0.492 e. The van der Waals surface area contributed by atoms with Crippen LogP contribution in [0.25, 0.3) is 0 Å². The molecule has 1 amide bonds. The lowest BCUT2D eigenvalue weighted by molar-refractivity contribution is 0.111. The van der Waals surface area contributed by atoms with Gasteiger partial charge in [-0.2, -0.15) is 5.10 Å². The van der Waals surface area contributed by atoms with E-state index in [0.717, 1.165) is 41.4 Å². The molecule has 0 saturated heterocycles. The zero-order chi connectivity index (χ0) is 18.8. The lowest BCUT2D eigenvalue weighted by Crippen LogP contribution is -2.38. The number of nitrogens with zero attached hydrogens (tertiary/aromatic N) is 4. The van der Waals surface area contributed by atoms with Gasteiger partial charge < -0.3 is 19.5 Å². The average molecular weight is 372 g/mol. The van der Waals surface area contributed by atoms with E-state index in [0.29, 0.717) is 32.8 Å². The summed E-state index contributed by atoms with van der Waals surface area (Å²) >= 11 is 0. The SMILES string of the molecule is COC(=O)N1CCn2nc(CN3CCOc4ccc(CO)cc4C3)cc2C1. The summed E-state index contributed by atoms with van der Waals surface area (Å²) in [5.41, 5.74) is 3.98. The predicted molar refractivity (Wildman–Crippen MR) is 97.0 cm³/mol. The van der Waals surface area contributed by atoms with Crippen LogP contribution in [-0.4, -0.2) is 57.6 Å². The Morgan fingerprint density at radius 3 is 2.96 bits per heavy atom. The largest absolute Gasteiger partial charge is 0.492 e. The molecule has 0 fully saturated rings. The summed E-state index contributed by atoms with van der Waals surface area (Å²) in [6.45, 7) is 4.72. The number of rotatable bonds is 3. The smallest absolute Gasteiger partial charge is 0.409 e. The maximum atomic E-state index is 11.7. The molecule has 27 heavy (non-hydrogen) atoms. The molecule has 8 heteroatoms. The van der Waals surface area contributed by atoms with Crippen molar-refractivity contribution in [2.75, 3.05) is 26.8 Å². The Hall–Kier alpha value is -2.58. The first-order valence-corrected chi connectivity index (χ1v) is 9.12. The molecule has 4 rings (SSSR count). The number of hydrogen-bond acceptors (Lipinski definition) is 6. The van der Waals surface area contributed by atoms with Crippen molar-refractivity contribution in [2.45, 2.75) is 32.8 Å². The second kappa shape index (κ2) is 7.58. The number of amides is 1. The van der Waals surface area contributed by atoms with Crippen molar-refractivity contribution in [2.24, 2.45) is 0 Å². The van der Waals surface area contributed by atoms with Gasteiger partial charge in [-0.1, -0.05) is 6.07 Å². The number of carbonyl (C=O) groups is 1. The van der Waals surface area contributed by atoms with Crippen LogP contribution in [0.1, 0.15) is 22.5 Å². The van der Waals surface area contributed by atoms with Crippen molar-refractivity contribution >= 4 is 6.09 Å². The summed E-state index contributed by atoms with van der Waals surface area (Å²) in [6, 6.07) is 7.89. The molecule has 0 saturated carbocycles. The number of carbonyl (C=O) groups excluding carboxylic acids is 1. The normalized spacial score (nSPS) is 16.9. The molecule has 0 aliphatic carbocycles. The molecule has 1 aromatic heterocycles. The van der Waals surface area contributed by atoms with Crippen LogP contribution in [0.2, 0.25) is 0 Å². The third kappa shape index (κ3) is 3.77. The number of fused-ring (bicyclic) bond motifs is 2. The lowest BCUT2D eigenvalue weighted by Gasteiger charge is -2.26. The molecule has 0 unspecified atom stereocenters. The first-order valence-electron chi connectivity index (χ1n) is 9.12. The summed E-state index contributed by atoms with van der Waals surface area (Å²) in [5, 5.41) is 14.1. The minimum absolute atomic E-state index is 0.0255. The van der Waals surface area contributed by atoms with Crippen molar-refractivity contribution in [1.82, 2.24) is 19.6 Å². The van der Waals surface area contributed by atoms with E-state index in [1.165, 1.54) is 7.11 Å². The fraction of sp³-hybridized carbons (Fsp3) is 0.474. The number of methoxy groups -OCH3 is 1. The number of ether oxygens (including phenoxy) is 2. The lowest BCUT2D eigenvalue weighted by atomic mass is 10.1. The molecular weight excluding hydrogens is 348 g/mol. The van der Waals surface area contributed by atoms with Crippen LogP contribution in [0.4, 0.5) is 4.79 Å². The topological polar surface area (TPSA) is 80.1 Å². The van der Waals surface area contributed by atoms with Gasteiger partial charge in [0.25, 0.3) is 0 Å². The van der Waals surface area contributed by atoms with Crippen LogP contribution in [0.5, 0.6) is 5.75 Å². The van der Waals surface area contributed by atoms with Gasteiger partial charge in [-0.3, -0.25) is 9.58 Å². The molecule has 0 spiro atoms. The van der Waals surface area contributed by atoms with E-state index in [1.54, 1.807) is 4.90 Å². The quantitative estimate of drug-likeness (QED) is 0.876. The van der Waals surface area contributed by atoms with Crippen molar-refractivity contribution in [3.05, 3.63) is 46.8 Å². The highest BCUT2D eigenvalue weighted by atomic mass is 16.5. The van der Waals surface area contributed by atoms with Crippen molar-refractivity contribution in [1.29, 1.82) is 0 Å². The maximum absolute atomic E-state index is 11.7. The van der Waals surface area contributed by atoms with Crippen LogP contribution >= 0.6 is 0 Å². The predicted octanol–water partition coefficient (Wildman–Crippen LogP) is 1.35. The summed E-state index contributed by atoms with van der Waals surface area (Å²) < 4.78 is 12.6. The molecule has 2 aromatic rings. The summed E-state index contributed by atoms with van der Waals surface area (Å²) in [7, 11) is 1.40. The fourth-order valence-corrected chi connectivity index (χ4v) is 3.65. The van der Waals surface area contributed by atoms with Gasteiger partial charge >= 0.3 is 6.09 Å². The van der Waals surface area contributed by atoms with E-state index in [1.807, 2.05) is 22.9 Å². The number of aromatic nitrogens is 2. The summed E-state index contributed by atoms with van der Waals surface area (Å²) in [4.78, 5) is 15.7. The van der Waals surface area contributed by atoms with E-state index < -0.39 is 0 Å². The molecule has 0 atom stereocenters. The highest BCUT2D eigenvalue weighted by molar-refractivity contribution is 5.67. The first-order chi connectivity index (χ1) is 13.2. The van der Waals surface area contributed by atoms with Crippen molar-refractivity contribution in [3.8, 4) is 5.75 Å². The molecule has 3 heterocycles. The maximum Gasteiger partial charge on any atom is 0.409 e. The van der Waals surface area contributed by atoms with Crippen LogP contribution in [-0.2, 0) is 37.5 Å². The highest BCUT2D eigenvalue weighted by Crippen LogP contribution is 2.25. The Kier molecular flexibility index (Phi) is 5.00. The van der Waals surface area contributed by atoms with Gasteiger partial charge in [-0.15, -0.1) is 0 Å². The zero-order valence-corrected chi connectivity index (χ0v) is 15.4. The van der Waals surface area contributed by atoms with Crippen LogP contribution < -0.4 is 4.74 Å². The number of benzene rings is 1. The van der Waals surface area contributed by atoms with Crippen molar-refractivity contribution in [3.63, 3.8) is 0 Å². The molecule has 1 aromatic carbocycles. The third-order valence-corrected chi connectivity index (χ3v) is 5.03. The standard InChI is InChI=1S/C19H24N4O4/c1-26-19(25)22-4-5-23-17(12-22)9-16(20-23)11-21-6-7-27-18-3-2-14(13-24)8-15(18)10-21/h2-3,8-9,24H,4-7,10-13H2,1H3. The molecule has 8 nitrogen and oxygen atoms in total.